The molecule has 0 saturated heterocycles. The van der Waals surface area contributed by atoms with Gasteiger partial charge in [0.2, 0.25) is 0 Å². The first-order valence-corrected chi connectivity index (χ1v) is 7.70. The van der Waals surface area contributed by atoms with Gasteiger partial charge in [0.15, 0.2) is 0 Å². The lowest BCUT2D eigenvalue weighted by atomic mass is 10.1. The van der Waals surface area contributed by atoms with Crippen LogP contribution in [0.4, 0.5) is 0 Å². The van der Waals surface area contributed by atoms with E-state index in [0.29, 0.717) is 6.54 Å². The highest BCUT2D eigenvalue weighted by molar-refractivity contribution is 5.68. The molecule has 0 fully saturated rings. The van der Waals surface area contributed by atoms with Crippen molar-refractivity contribution in [3.63, 3.8) is 0 Å². The van der Waals surface area contributed by atoms with Crippen molar-refractivity contribution < 1.29 is 5.11 Å². The lowest BCUT2D eigenvalue weighted by Gasteiger charge is -2.05. The van der Waals surface area contributed by atoms with Crippen LogP contribution >= 0.6 is 0 Å². The molecule has 2 aromatic heterocycles. The molecule has 0 atom stereocenters. The summed E-state index contributed by atoms with van der Waals surface area (Å²) in [6.45, 7) is 1.52. The van der Waals surface area contributed by atoms with Crippen LogP contribution in [-0.2, 0) is 13.2 Å². The number of aliphatic hydroxyl groups is 1. The summed E-state index contributed by atoms with van der Waals surface area (Å²) in [5.74, 6) is 0. The first-order chi connectivity index (χ1) is 11.3. The molecule has 3 rings (SSSR count). The minimum absolute atomic E-state index is 0.0269. The van der Waals surface area contributed by atoms with E-state index in [1.165, 1.54) is 0 Å². The Balaban J connectivity index is 1.88. The molecule has 0 amide bonds. The standard InChI is InChI=1S/C18H20N4O/c19-7-2-9-22-10-6-17(21-22)16-5-8-20-18(12-16)15-4-1-3-14(11-15)13-23/h1,3-6,8,10-12,23H,2,7,9,13,19H2. The SMILES string of the molecule is NCCCn1ccc(-c2ccnc(-c3cccc(CO)c3)c2)n1. The molecular weight excluding hydrogens is 288 g/mol. The van der Waals surface area contributed by atoms with Gasteiger partial charge in [0.25, 0.3) is 0 Å². The molecule has 0 aliphatic heterocycles. The number of aryl methyl sites for hydroxylation is 1. The normalized spacial score (nSPS) is 10.9. The predicted molar refractivity (Wildman–Crippen MR) is 90.5 cm³/mol. The maximum Gasteiger partial charge on any atom is 0.0924 e. The van der Waals surface area contributed by atoms with Crippen molar-refractivity contribution in [2.24, 2.45) is 5.73 Å². The van der Waals surface area contributed by atoms with Crippen molar-refractivity contribution in [1.29, 1.82) is 0 Å². The Hall–Kier alpha value is -2.50. The number of benzene rings is 1. The molecule has 5 heteroatoms. The van der Waals surface area contributed by atoms with Crippen molar-refractivity contribution in [3.8, 4) is 22.5 Å². The van der Waals surface area contributed by atoms with Gasteiger partial charge in [-0.05, 0) is 42.8 Å². The number of nitrogens with zero attached hydrogens (tertiary/aromatic N) is 3. The van der Waals surface area contributed by atoms with Crippen LogP contribution in [0, 0.1) is 0 Å². The molecule has 3 aromatic rings. The molecule has 0 unspecified atom stereocenters. The fraction of sp³-hybridized carbons (Fsp3) is 0.222. The van der Waals surface area contributed by atoms with Gasteiger partial charge in [-0.25, -0.2) is 0 Å². The first kappa shape index (κ1) is 15.4. The van der Waals surface area contributed by atoms with E-state index in [-0.39, 0.29) is 6.61 Å². The molecular formula is C18H20N4O. The largest absolute Gasteiger partial charge is 0.392 e. The second-order valence-electron chi connectivity index (χ2n) is 5.39. The lowest BCUT2D eigenvalue weighted by Crippen LogP contribution is -2.06. The van der Waals surface area contributed by atoms with E-state index in [1.807, 2.05) is 53.3 Å². The molecule has 5 nitrogen and oxygen atoms in total. The first-order valence-electron chi connectivity index (χ1n) is 7.70. The topological polar surface area (TPSA) is 77.0 Å². The Morgan fingerprint density at radius 3 is 2.74 bits per heavy atom. The van der Waals surface area contributed by atoms with Crippen molar-refractivity contribution in [3.05, 3.63) is 60.4 Å². The molecule has 118 valence electrons. The Kier molecular flexibility index (Phi) is 4.80. The lowest BCUT2D eigenvalue weighted by molar-refractivity contribution is 0.282. The molecule has 0 aliphatic carbocycles. The van der Waals surface area contributed by atoms with Crippen molar-refractivity contribution in [2.45, 2.75) is 19.6 Å². The number of nitrogens with two attached hydrogens (primary N) is 1. The van der Waals surface area contributed by atoms with Crippen molar-refractivity contribution >= 4 is 0 Å². The van der Waals surface area contributed by atoms with Crippen LogP contribution in [0.1, 0.15) is 12.0 Å². The number of pyridine rings is 1. The van der Waals surface area contributed by atoms with E-state index in [2.05, 4.69) is 10.1 Å². The van der Waals surface area contributed by atoms with Crippen LogP contribution in [0.2, 0.25) is 0 Å². The van der Waals surface area contributed by atoms with E-state index in [0.717, 1.165) is 41.0 Å². The second-order valence-corrected chi connectivity index (χ2v) is 5.39. The maximum atomic E-state index is 9.27. The summed E-state index contributed by atoms with van der Waals surface area (Å²) in [5, 5.41) is 13.9. The molecule has 0 bridgehead atoms. The minimum atomic E-state index is 0.0269. The zero-order valence-electron chi connectivity index (χ0n) is 12.9. The van der Waals surface area contributed by atoms with Gasteiger partial charge < -0.3 is 10.8 Å². The van der Waals surface area contributed by atoms with Crippen LogP contribution in [-0.4, -0.2) is 26.4 Å². The third-order valence-corrected chi connectivity index (χ3v) is 3.69. The fourth-order valence-electron chi connectivity index (χ4n) is 2.47. The summed E-state index contributed by atoms with van der Waals surface area (Å²) in [4.78, 5) is 4.43. The quantitative estimate of drug-likeness (QED) is 0.733. The summed E-state index contributed by atoms with van der Waals surface area (Å²) < 4.78 is 1.91. The van der Waals surface area contributed by atoms with Gasteiger partial charge in [0, 0.05) is 30.1 Å². The Bertz CT molecular complexity index is 782. The summed E-state index contributed by atoms with van der Waals surface area (Å²) >= 11 is 0. The third-order valence-electron chi connectivity index (χ3n) is 3.69. The molecule has 0 saturated carbocycles. The zero-order chi connectivity index (χ0) is 16.1. The van der Waals surface area contributed by atoms with E-state index < -0.39 is 0 Å². The Morgan fingerprint density at radius 1 is 1.04 bits per heavy atom. The van der Waals surface area contributed by atoms with Crippen LogP contribution in [0.3, 0.4) is 0 Å². The summed E-state index contributed by atoms with van der Waals surface area (Å²) in [5.41, 5.74) is 10.2. The summed E-state index contributed by atoms with van der Waals surface area (Å²) in [7, 11) is 0. The number of hydrogen-bond donors (Lipinski definition) is 2. The number of hydrogen-bond acceptors (Lipinski definition) is 4. The number of rotatable bonds is 6. The minimum Gasteiger partial charge on any atom is -0.392 e. The van der Waals surface area contributed by atoms with Gasteiger partial charge >= 0.3 is 0 Å². The average molecular weight is 308 g/mol. The smallest absolute Gasteiger partial charge is 0.0924 e. The zero-order valence-corrected chi connectivity index (χ0v) is 12.9. The van der Waals surface area contributed by atoms with Gasteiger partial charge in [0.05, 0.1) is 18.0 Å². The highest BCUT2D eigenvalue weighted by Gasteiger charge is 2.06. The molecule has 23 heavy (non-hydrogen) atoms. The van der Waals surface area contributed by atoms with Crippen LogP contribution in [0.15, 0.2) is 54.9 Å². The maximum absolute atomic E-state index is 9.27. The van der Waals surface area contributed by atoms with Crippen LogP contribution < -0.4 is 5.73 Å². The van der Waals surface area contributed by atoms with Gasteiger partial charge in [-0.3, -0.25) is 9.67 Å². The van der Waals surface area contributed by atoms with Crippen molar-refractivity contribution in [1.82, 2.24) is 14.8 Å². The summed E-state index contributed by atoms with van der Waals surface area (Å²) in [6, 6.07) is 13.7. The number of aliphatic hydroxyl groups excluding tert-OH is 1. The average Bonchev–Trinajstić information content (AvgIpc) is 3.09. The molecule has 2 heterocycles. The highest BCUT2D eigenvalue weighted by Crippen LogP contribution is 2.24. The van der Waals surface area contributed by atoms with Gasteiger partial charge in [-0.1, -0.05) is 18.2 Å². The number of aromatic nitrogens is 3. The van der Waals surface area contributed by atoms with E-state index in [4.69, 9.17) is 5.73 Å². The van der Waals surface area contributed by atoms with E-state index >= 15 is 0 Å². The van der Waals surface area contributed by atoms with E-state index in [9.17, 15) is 5.11 Å². The van der Waals surface area contributed by atoms with E-state index in [1.54, 1.807) is 6.20 Å². The summed E-state index contributed by atoms with van der Waals surface area (Å²) in [6.07, 6.45) is 4.67. The molecule has 0 radical (unpaired) electrons. The third kappa shape index (κ3) is 3.64. The highest BCUT2D eigenvalue weighted by atomic mass is 16.3. The molecule has 3 N–H and O–H groups in total. The van der Waals surface area contributed by atoms with Crippen LogP contribution in [0.25, 0.3) is 22.5 Å². The van der Waals surface area contributed by atoms with Gasteiger partial charge in [-0.2, -0.15) is 5.10 Å². The van der Waals surface area contributed by atoms with Gasteiger partial charge in [-0.15, -0.1) is 0 Å². The molecule has 0 aliphatic rings. The Labute approximate surface area is 135 Å². The van der Waals surface area contributed by atoms with Crippen LogP contribution in [0.5, 0.6) is 0 Å². The monoisotopic (exact) mass is 308 g/mol. The Morgan fingerprint density at radius 2 is 1.91 bits per heavy atom. The predicted octanol–water partition coefficient (Wildman–Crippen LogP) is 2.45. The molecule has 0 spiro atoms. The molecule has 1 aromatic carbocycles. The fourth-order valence-corrected chi connectivity index (χ4v) is 2.47. The van der Waals surface area contributed by atoms with Crippen molar-refractivity contribution in [2.75, 3.05) is 6.54 Å². The van der Waals surface area contributed by atoms with Gasteiger partial charge in [0.1, 0.15) is 0 Å². The second kappa shape index (κ2) is 7.17.